The smallest absolute Gasteiger partial charge is 0.471 e. The molecule has 172 valence electrons. The number of primary amides is 1. The molecule has 0 unspecified atom stereocenters. The van der Waals surface area contributed by atoms with Crippen molar-refractivity contribution < 1.29 is 37.4 Å². The Bertz CT molecular complexity index is 1220. The topological polar surface area (TPSA) is 159 Å². The fourth-order valence-corrected chi connectivity index (χ4v) is 2.73. The molecule has 0 atom stereocenters. The molecule has 0 bridgehead atoms. The molecule has 33 heavy (non-hydrogen) atoms. The van der Waals surface area contributed by atoms with Crippen LogP contribution < -0.4 is 21.1 Å². The average molecular weight is 463 g/mol. The van der Waals surface area contributed by atoms with Crippen molar-refractivity contribution in [3.05, 3.63) is 53.7 Å². The fraction of sp³-hybridized carbons (Fsp3) is 0.100. The Hall–Kier alpha value is -4.55. The third-order valence-electron chi connectivity index (χ3n) is 4.39. The highest BCUT2D eigenvalue weighted by Gasteiger charge is 2.39. The van der Waals surface area contributed by atoms with Crippen molar-refractivity contribution in [2.45, 2.75) is 6.18 Å². The minimum atomic E-state index is -5.22. The molecule has 0 aliphatic heterocycles. The molecule has 1 heterocycles. The number of amides is 3. The van der Waals surface area contributed by atoms with E-state index in [2.05, 4.69) is 15.5 Å². The molecule has 3 aromatic rings. The monoisotopic (exact) mass is 463 g/mol. The maximum Gasteiger partial charge on any atom is 0.471 e. The average Bonchev–Trinajstić information content (AvgIpc) is 3.15. The number of anilines is 2. The molecule has 0 fully saturated rings. The molecule has 0 saturated carbocycles. The number of methoxy groups -OCH3 is 1. The van der Waals surface area contributed by atoms with Gasteiger partial charge in [-0.05, 0) is 42.5 Å². The minimum absolute atomic E-state index is 0.0393. The number of nitrogens with one attached hydrogen (secondary N) is 3. The molecule has 0 radical (unpaired) electrons. The number of aromatic hydroxyl groups is 1. The molecular formula is C20H16F3N5O5. The zero-order valence-corrected chi connectivity index (χ0v) is 16.8. The molecule has 1 aromatic heterocycles. The van der Waals surface area contributed by atoms with Crippen LogP contribution in [0.1, 0.15) is 20.8 Å². The lowest BCUT2D eigenvalue weighted by molar-refractivity contribution is -0.167. The van der Waals surface area contributed by atoms with Gasteiger partial charge in [-0.25, -0.2) is 0 Å². The maximum absolute atomic E-state index is 12.7. The van der Waals surface area contributed by atoms with Crippen LogP contribution in [-0.2, 0) is 4.79 Å². The summed E-state index contributed by atoms with van der Waals surface area (Å²) in [5.41, 5.74) is 4.19. The minimum Gasteiger partial charge on any atom is -0.504 e. The lowest BCUT2D eigenvalue weighted by Gasteiger charge is -2.14. The van der Waals surface area contributed by atoms with Crippen LogP contribution in [-0.4, -0.2) is 46.3 Å². The van der Waals surface area contributed by atoms with Crippen LogP contribution in [0.15, 0.2) is 42.5 Å². The summed E-state index contributed by atoms with van der Waals surface area (Å²) in [6.07, 6.45) is -5.22. The van der Waals surface area contributed by atoms with Gasteiger partial charge in [-0.15, -0.1) is 0 Å². The summed E-state index contributed by atoms with van der Waals surface area (Å²) in [5, 5.41) is 20.5. The molecule has 0 spiro atoms. The first-order valence-electron chi connectivity index (χ1n) is 9.06. The SMILES string of the molecule is COc1ccc(-c2n[nH]c(C(=O)Nc3ccc(C(N)=O)cc3NC(=O)C(F)(F)F)c2O)cc1. The van der Waals surface area contributed by atoms with Crippen LogP contribution in [0.5, 0.6) is 11.5 Å². The van der Waals surface area contributed by atoms with Crippen molar-refractivity contribution in [2.24, 2.45) is 5.73 Å². The number of ether oxygens (including phenoxy) is 1. The normalized spacial score (nSPS) is 11.0. The highest BCUT2D eigenvalue weighted by Crippen LogP contribution is 2.32. The van der Waals surface area contributed by atoms with E-state index >= 15 is 0 Å². The molecule has 6 N–H and O–H groups in total. The zero-order chi connectivity index (χ0) is 24.3. The van der Waals surface area contributed by atoms with E-state index < -0.39 is 41.0 Å². The van der Waals surface area contributed by atoms with Gasteiger partial charge in [0.2, 0.25) is 5.91 Å². The van der Waals surface area contributed by atoms with Crippen molar-refractivity contribution in [1.29, 1.82) is 0 Å². The van der Waals surface area contributed by atoms with E-state index in [1.807, 2.05) is 0 Å². The van der Waals surface area contributed by atoms with E-state index in [4.69, 9.17) is 10.5 Å². The number of benzene rings is 2. The van der Waals surface area contributed by atoms with Crippen LogP contribution in [0.4, 0.5) is 24.5 Å². The standard InChI is InChI=1S/C20H16F3N5O5/c1-33-11-5-2-9(3-6-11)14-16(29)15(28-27-14)18(31)25-12-7-4-10(17(24)30)8-13(12)26-19(32)20(21,22)23/h2-8,29H,1H3,(H2,24,30)(H,25,31)(H,26,32)(H,27,28). The highest BCUT2D eigenvalue weighted by atomic mass is 19.4. The number of hydrogen-bond acceptors (Lipinski definition) is 6. The molecule has 2 aromatic carbocycles. The Labute approximate surface area is 183 Å². The Morgan fingerprint density at radius 3 is 2.30 bits per heavy atom. The number of hydrogen-bond donors (Lipinski definition) is 5. The molecule has 3 amide bonds. The summed E-state index contributed by atoms with van der Waals surface area (Å²) in [7, 11) is 1.48. The Kier molecular flexibility index (Phi) is 6.24. The first-order chi connectivity index (χ1) is 15.5. The largest absolute Gasteiger partial charge is 0.504 e. The second kappa shape index (κ2) is 8.90. The lowest BCUT2D eigenvalue weighted by Crippen LogP contribution is -2.30. The van der Waals surface area contributed by atoms with Gasteiger partial charge in [-0.1, -0.05) is 0 Å². The second-order valence-corrected chi connectivity index (χ2v) is 6.55. The van der Waals surface area contributed by atoms with Gasteiger partial charge in [-0.2, -0.15) is 18.3 Å². The van der Waals surface area contributed by atoms with E-state index in [1.165, 1.54) is 7.11 Å². The zero-order valence-electron chi connectivity index (χ0n) is 16.8. The van der Waals surface area contributed by atoms with E-state index in [-0.39, 0.29) is 16.9 Å². The predicted molar refractivity (Wildman–Crippen MR) is 110 cm³/mol. The predicted octanol–water partition coefficient (Wildman–Crippen LogP) is 2.64. The molecular weight excluding hydrogens is 447 g/mol. The Morgan fingerprint density at radius 2 is 1.73 bits per heavy atom. The van der Waals surface area contributed by atoms with Crippen LogP contribution in [0.25, 0.3) is 11.3 Å². The number of aromatic amines is 1. The summed E-state index contributed by atoms with van der Waals surface area (Å²) in [6, 6.07) is 9.47. The quantitative estimate of drug-likeness (QED) is 0.378. The van der Waals surface area contributed by atoms with Crippen LogP contribution in [0, 0.1) is 0 Å². The highest BCUT2D eigenvalue weighted by molar-refractivity contribution is 6.09. The van der Waals surface area contributed by atoms with Gasteiger partial charge >= 0.3 is 12.1 Å². The number of nitrogens with two attached hydrogens (primary N) is 1. The van der Waals surface area contributed by atoms with Gasteiger partial charge in [0, 0.05) is 11.1 Å². The number of alkyl halides is 3. The van der Waals surface area contributed by atoms with Gasteiger partial charge in [-0.3, -0.25) is 19.5 Å². The van der Waals surface area contributed by atoms with Gasteiger partial charge in [0.15, 0.2) is 11.4 Å². The van der Waals surface area contributed by atoms with Crippen molar-refractivity contribution in [2.75, 3.05) is 17.7 Å². The van der Waals surface area contributed by atoms with E-state index in [9.17, 15) is 32.7 Å². The van der Waals surface area contributed by atoms with Gasteiger partial charge in [0.05, 0.1) is 18.5 Å². The van der Waals surface area contributed by atoms with Gasteiger partial charge in [0.1, 0.15) is 11.4 Å². The number of carbonyl (C=O) groups is 3. The number of nitrogens with zero attached hydrogens (tertiary/aromatic N) is 1. The number of rotatable bonds is 6. The first-order valence-corrected chi connectivity index (χ1v) is 9.06. The molecule has 3 rings (SSSR count). The summed E-state index contributed by atoms with van der Waals surface area (Å²) >= 11 is 0. The number of aromatic nitrogens is 2. The Balaban J connectivity index is 1.90. The van der Waals surface area contributed by atoms with Gasteiger partial charge in [0.25, 0.3) is 5.91 Å². The van der Waals surface area contributed by atoms with Crippen LogP contribution in [0.2, 0.25) is 0 Å². The van der Waals surface area contributed by atoms with Crippen molar-refractivity contribution in [3.8, 4) is 22.8 Å². The van der Waals surface area contributed by atoms with Crippen molar-refractivity contribution >= 4 is 29.1 Å². The molecule has 13 heteroatoms. The number of halogens is 3. The molecule has 0 aliphatic carbocycles. The van der Waals surface area contributed by atoms with Crippen molar-refractivity contribution in [1.82, 2.24) is 10.2 Å². The first kappa shape index (κ1) is 23.1. The molecule has 0 aliphatic rings. The number of carbonyl (C=O) groups excluding carboxylic acids is 3. The van der Waals surface area contributed by atoms with Crippen LogP contribution >= 0.6 is 0 Å². The van der Waals surface area contributed by atoms with E-state index in [0.717, 1.165) is 18.2 Å². The number of H-pyrrole nitrogens is 1. The van der Waals surface area contributed by atoms with E-state index in [1.54, 1.807) is 29.6 Å². The van der Waals surface area contributed by atoms with Gasteiger partial charge < -0.3 is 26.2 Å². The third-order valence-corrected chi connectivity index (χ3v) is 4.39. The summed E-state index contributed by atoms with van der Waals surface area (Å²) in [6.45, 7) is 0. The summed E-state index contributed by atoms with van der Waals surface area (Å²) < 4.78 is 43.1. The van der Waals surface area contributed by atoms with E-state index in [0.29, 0.717) is 11.3 Å². The third kappa shape index (κ3) is 5.03. The summed E-state index contributed by atoms with van der Waals surface area (Å²) in [4.78, 5) is 35.4. The molecule has 0 saturated heterocycles. The second-order valence-electron chi connectivity index (χ2n) is 6.55. The van der Waals surface area contributed by atoms with Crippen molar-refractivity contribution in [3.63, 3.8) is 0 Å². The Morgan fingerprint density at radius 1 is 1.06 bits per heavy atom. The lowest BCUT2D eigenvalue weighted by atomic mass is 10.1. The maximum atomic E-state index is 12.7. The molecule has 10 nitrogen and oxygen atoms in total. The summed E-state index contributed by atoms with van der Waals surface area (Å²) in [5.74, 6) is -4.24. The fourth-order valence-electron chi connectivity index (χ4n) is 2.73. The van der Waals surface area contributed by atoms with Crippen LogP contribution in [0.3, 0.4) is 0 Å².